The third kappa shape index (κ3) is 6.36. The number of H-pyrrole nitrogens is 1. The summed E-state index contributed by atoms with van der Waals surface area (Å²) in [5.41, 5.74) is 7.58. The monoisotopic (exact) mass is 697 g/mol. The lowest BCUT2D eigenvalue weighted by atomic mass is 10.00. The number of aromatic amines is 1. The van der Waals surface area contributed by atoms with E-state index in [0.717, 1.165) is 55.1 Å². The molecule has 0 spiro atoms. The van der Waals surface area contributed by atoms with Crippen molar-refractivity contribution in [3.8, 4) is 28.3 Å². The standard InChI is InChI=1S/C46H39N3O4/c1-4-52-45(50)42-40-36(29-48(2)3)39(26-25-38(40)49(28-30-15-7-5-8-16-30)44(42)32-18-9-6-10-19-32)53-46(51)41-35-21-13-14-22-37(35)47-43(41)34-24-23-31-17-11-12-20-33(31)27-34/h5-27,47H,4,28-29H2,1-3H3. The normalized spacial score (nSPS) is 11.5. The molecule has 0 atom stereocenters. The van der Waals surface area contributed by atoms with Crippen molar-refractivity contribution >= 4 is 44.5 Å². The second-order valence-corrected chi connectivity index (χ2v) is 13.4. The van der Waals surface area contributed by atoms with Crippen molar-refractivity contribution in [2.45, 2.75) is 20.0 Å². The number of carbonyl (C=O) groups excluding carboxylic acids is 2. The van der Waals surface area contributed by atoms with E-state index in [0.29, 0.717) is 41.0 Å². The Kier molecular flexibility index (Phi) is 9.08. The molecule has 0 saturated carbocycles. The zero-order chi connectivity index (χ0) is 36.5. The second-order valence-electron chi connectivity index (χ2n) is 13.4. The lowest BCUT2D eigenvalue weighted by Gasteiger charge is -2.17. The van der Waals surface area contributed by atoms with Crippen molar-refractivity contribution in [2.24, 2.45) is 0 Å². The molecule has 8 aromatic rings. The van der Waals surface area contributed by atoms with Gasteiger partial charge < -0.3 is 23.9 Å². The molecule has 0 aliphatic carbocycles. The maximum absolute atomic E-state index is 14.6. The van der Waals surface area contributed by atoms with Crippen LogP contribution in [-0.4, -0.2) is 47.1 Å². The van der Waals surface area contributed by atoms with Crippen LogP contribution in [0.1, 0.15) is 38.8 Å². The molecule has 0 aliphatic heterocycles. The van der Waals surface area contributed by atoms with Crippen LogP contribution < -0.4 is 4.74 Å². The first kappa shape index (κ1) is 33.7. The van der Waals surface area contributed by atoms with Gasteiger partial charge >= 0.3 is 11.9 Å². The highest BCUT2D eigenvalue weighted by atomic mass is 16.5. The lowest BCUT2D eigenvalue weighted by Crippen LogP contribution is -2.16. The van der Waals surface area contributed by atoms with Gasteiger partial charge in [0.15, 0.2) is 0 Å². The fourth-order valence-corrected chi connectivity index (χ4v) is 7.36. The van der Waals surface area contributed by atoms with E-state index in [1.807, 2.05) is 129 Å². The fraction of sp³-hybridized carbons (Fsp3) is 0.130. The molecular weight excluding hydrogens is 659 g/mol. The molecule has 0 radical (unpaired) electrons. The Balaban J connectivity index is 1.34. The molecule has 0 saturated heterocycles. The van der Waals surface area contributed by atoms with Gasteiger partial charge in [-0.25, -0.2) is 9.59 Å². The predicted octanol–water partition coefficient (Wildman–Crippen LogP) is 10.1. The van der Waals surface area contributed by atoms with Gasteiger partial charge in [0.2, 0.25) is 0 Å². The highest BCUT2D eigenvalue weighted by Crippen LogP contribution is 2.41. The Hall–Kier alpha value is -6.44. The zero-order valence-corrected chi connectivity index (χ0v) is 29.9. The minimum absolute atomic E-state index is 0.216. The first-order valence-electron chi connectivity index (χ1n) is 17.8. The molecule has 0 aliphatic rings. The number of fused-ring (bicyclic) bond motifs is 3. The highest BCUT2D eigenvalue weighted by Gasteiger charge is 2.30. The number of hydrogen-bond acceptors (Lipinski definition) is 5. The van der Waals surface area contributed by atoms with E-state index in [-0.39, 0.29) is 6.61 Å². The lowest BCUT2D eigenvalue weighted by molar-refractivity contribution is 0.0529. The molecule has 8 rings (SSSR count). The van der Waals surface area contributed by atoms with Crippen LogP contribution in [0.2, 0.25) is 0 Å². The summed E-state index contributed by atoms with van der Waals surface area (Å²) in [5, 5.41) is 3.65. The number of carbonyl (C=O) groups is 2. The molecule has 53 heavy (non-hydrogen) atoms. The molecule has 6 aromatic carbocycles. The molecule has 2 heterocycles. The van der Waals surface area contributed by atoms with Gasteiger partial charge in [0, 0.05) is 34.9 Å². The quantitative estimate of drug-likeness (QED) is 0.114. The van der Waals surface area contributed by atoms with Crippen molar-refractivity contribution < 1.29 is 19.1 Å². The Morgan fingerprint density at radius 2 is 1.40 bits per heavy atom. The first-order chi connectivity index (χ1) is 25.9. The molecule has 1 N–H and O–H groups in total. The topological polar surface area (TPSA) is 76.6 Å². The Bertz CT molecular complexity index is 2620. The fourth-order valence-electron chi connectivity index (χ4n) is 7.36. The summed E-state index contributed by atoms with van der Waals surface area (Å²) in [4.78, 5) is 34.3. The minimum atomic E-state index is -0.491. The van der Waals surface area contributed by atoms with E-state index in [1.165, 1.54) is 0 Å². The van der Waals surface area contributed by atoms with Crippen LogP contribution in [-0.2, 0) is 17.8 Å². The summed E-state index contributed by atoms with van der Waals surface area (Å²) in [6.07, 6.45) is 0. The van der Waals surface area contributed by atoms with Gasteiger partial charge in [-0.05, 0) is 72.7 Å². The molecular formula is C46H39N3O4. The Morgan fingerprint density at radius 1 is 0.698 bits per heavy atom. The molecule has 2 aromatic heterocycles. The average molecular weight is 698 g/mol. The van der Waals surface area contributed by atoms with Gasteiger partial charge in [-0.2, -0.15) is 0 Å². The summed E-state index contributed by atoms with van der Waals surface area (Å²) in [6.45, 7) is 2.95. The van der Waals surface area contributed by atoms with Crippen LogP contribution in [0.3, 0.4) is 0 Å². The number of ether oxygens (including phenoxy) is 2. The number of hydrogen-bond donors (Lipinski definition) is 1. The number of aromatic nitrogens is 2. The van der Waals surface area contributed by atoms with E-state index in [2.05, 4.69) is 45.9 Å². The van der Waals surface area contributed by atoms with E-state index >= 15 is 0 Å². The summed E-state index contributed by atoms with van der Waals surface area (Å²) in [5.74, 6) is -0.538. The highest BCUT2D eigenvalue weighted by molar-refractivity contribution is 6.14. The number of rotatable bonds is 10. The number of benzene rings is 6. The van der Waals surface area contributed by atoms with Gasteiger partial charge in [0.05, 0.1) is 34.6 Å². The molecule has 7 nitrogen and oxygen atoms in total. The molecule has 262 valence electrons. The predicted molar refractivity (Wildman–Crippen MR) is 212 cm³/mol. The molecule has 0 bridgehead atoms. The first-order valence-corrected chi connectivity index (χ1v) is 17.8. The summed E-state index contributed by atoms with van der Waals surface area (Å²) in [7, 11) is 3.93. The molecule has 0 unspecified atom stereocenters. The largest absolute Gasteiger partial charge is 0.462 e. The summed E-state index contributed by atoms with van der Waals surface area (Å²) in [6, 6.07) is 46.0. The second kappa shape index (κ2) is 14.3. The number of esters is 2. The van der Waals surface area contributed by atoms with Crippen molar-refractivity contribution in [3.05, 3.63) is 162 Å². The number of para-hydroxylation sites is 1. The molecule has 7 heteroatoms. The van der Waals surface area contributed by atoms with Crippen molar-refractivity contribution in [1.82, 2.24) is 14.5 Å². The van der Waals surface area contributed by atoms with Crippen molar-refractivity contribution in [2.75, 3.05) is 20.7 Å². The maximum Gasteiger partial charge on any atom is 0.346 e. The van der Waals surface area contributed by atoms with Crippen LogP contribution >= 0.6 is 0 Å². The van der Waals surface area contributed by atoms with Gasteiger partial charge in [-0.1, -0.05) is 115 Å². The average Bonchev–Trinajstić information content (AvgIpc) is 3.73. The summed E-state index contributed by atoms with van der Waals surface area (Å²) >= 11 is 0. The molecule has 0 amide bonds. The zero-order valence-electron chi connectivity index (χ0n) is 29.9. The minimum Gasteiger partial charge on any atom is -0.462 e. The summed E-state index contributed by atoms with van der Waals surface area (Å²) < 4.78 is 14.4. The van der Waals surface area contributed by atoms with Gasteiger partial charge in [0.1, 0.15) is 5.75 Å². The van der Waals surface area contributed by atoms with Crippen LogP contribution in [0.5, 0.6) is 5.75 Å². The van der Waals surface area contributed by atoms with E-state index < -0.39 is 11.9 Å². The number of nitrogens with one attached hydrogen (secondary N) is 1. The third-order valence-corrected chi connectivity index (χ3v) is 9.63. The Labute approximate surface area is 308 Å². The van der Waals surface area contributed by atoms with Gasteiger partial charge in [0.25, 0.3) is 0 Å². The van der Waals surface area contributed by atoms with Crippen molar-refractivity contribution in [1.29, 1.82) is 0 Å². The van der Waals surface area contributed by atoms with Crippen LogP contribution in [0, 0.1) is 0 Å². The van der Waals surface area contributed by atoms with Gasteiger partial charge in [-0.3, -0.25) is 0 Å². The van der Waals surface area contributed by atoms with Crippen molar-refractivity contribution in [3.63, 3.8) is 0 Å². The van der Waals surface area contributed by atoms with Crippen LogP contribution in [0.15, 0.2) is 140 Å². The Morgan fingerprint density at radius 3 is 2.15 bits per heavy atom. The van der Waals surface area contributed by atoms with E-state index in [4.69, 9.17) is 9.47 Å². The SMILES string of the molecule is CCOC(=O)c1c(-c2ccccc2)n(Cc2ccccc2)c2ccc(OC(=O)c3c(-c4ccc5ccccc5c4)[nH]c4ccccc34)c(CN(C)C)c12. The van der Waals surface area contributed by atoms with Gasteiger partial charge in [-0.15, -0.1) is 0 Å². The third-order valence-electron chi connectivity index (χ3n) is 9.63. The molecule has 0 fully saturated rings. The van der Waals surface area contributed by atoms with E-state index in [9.17, 15) is 9.59 Å². The van der Waals surface area contributed by atoms with E-state index in [1.54, 1.807) is 0 Å². The van der Waals surface area contributed by atoms with Crippen LogP contribution in [0.4, 0.5) is 0 Å². The van der Waals surface area contributed by atoms with Crippen LogP contribution in [0.25, 0.3) is 55.1 Å². The smallest absolute Gasteiger partial charge is 0.346 e. The number of nitrogens with zero attached hydrogens (tertiary/aromatic N) is 2. The maximum atomic E-state index is 14.6.